The Morgan fingerprint density at radius 1 is 1.43 bits per heavy atom. The maximum absolute atomic E-state index is 12.8. The number of nitrogens with zero attached hydrogens (tertiary/aromatic N) is 1. The van der Waals surface area contributed by atoms with Crippen molar-refractivity contribution in [1.82, 2.24) is 0 Å². The van der Waals surface area contributed by atoms with Gasteiger partial charge >= 0.3 is 0 Å². The Balaban J connectivity index is 2.30. The quantitative estimate of drug-likeness (QED) is 0.869. The maximum Gasteiger partial charge on any atom is 0.263 e. The van der Waals surface area contributed by atoms with Crippen LogP contribution < -0.4 is 0 Å². The van der Waals surface area contributed by atoms with Gasteiger partial charge in [0.05, 0.1) is 17.6 Å². The average Bonchev–Trinajstić information content (AvgIpc) is 2.54. The number of benzene rings is 1. The smallest absolute Gasteiger partial charge is 0.263 e. The van der Waals surface area contributed by atoms with E-state index in [2.05, 4.69) is 13.0 Å². The highest BCUT2D eigenvalue weighted by molar-refractivity contribution is 5.29. The van der Waals surface area contributed by atoms with Crippen molar-refractivity contribution in [3.05, 3.63) is 35.4 Å². The number of hydrogen-bond acceptors (Lipinski definition) is 2. The van der Waals surface area contributed by atoms with Crippen LogP contribution in [0.2, 0.25) is 0 Å². The second kappa shape index (κ2) is 6.53. The summed E-state index contributed by atoms with van der Waals surface area (Å²) in [6.45, 7) is 2.09. The van der Waals surface area contributed by atoms with Gasteiger partial charge in [0.2, 0.25) is 0 Å². The van der Waals surface area contributed by atoms with Crippen LogP contribution in [-0.4, -0.2) is 5.11 Å². The molecule has 3 atom stereocenters. The molecule has 2 rings (SSSR count). The van der Waals surface area contributed by atoms with E-state index in [1.54, 1.807) is 6.07 Å². The molecule has 1 aliphatic rings. The first-order valence-corrected chi connectivity index (χ1v) is 7.49. The average molecular weight is 293 g/mol. The molecule has 0 bridgehead atoms. The summed E-state index contributed by atoms with van der Waals surface area (Å²) in [4.78, 5) is 0. The van der Waals surface area contributed by atoms with Crippen molar-refractivity contribution in [2.45, 2.75) is 51.6 Å². The minimum atomic E-state index is -2.56. The van der Waals surface area contributed by atoms with Gasteiger partial charge in [0, 0.05) is 5.56 Å². The molecule has 1 aromatic carbocycles. The van der Waals surface area contributed by atoms with Crippen LogP contribution in [0, 0.1) is 22.7 Å². The van der Waals surface area contributed by atoms with Gasteiger partial charge in [-0.15, -0.1) is 0 Å². The van der Waals surface area contributed by atoms with E-state index in [9.17, 15) is 19.1 Å². The van der Waals surface area contributed by atoms with E-state index in [-0.39, 0.29) is 5.56 Å². The van der Waals surface area contributed by atoms with E-state index < -0.39 is 17.9 Å². The zero-order valence-corrected chi connectivity index (χ0v) is 12.2. The lowest BCUT2D eigenvalue weighted by atomic mass is 9.65. The summed E-state index contributed by atoms with van der Waals surface area (Å²) < 4.78 is 25.6. The molecular formula is C17H21F2NO. The summed E-state index contributed by atoms with van der Waals surface area (Å²) in [5.74, 6) is 0.423. The number of nitriles is 1. The first-order valence-electron chi connectivity index (χ1n) is 7.49. The minimum Gasteiger partial charge on any atom is -0.387 e. The van der Waals surface area contributed by atoms with Crippen molar-refractivity contribution in [2.75, 3.05) is 0 Å². The standard InChI is InChI=1S/C17H21F2NO/c1-2-12-5-4-8-17(10-12,11-20)15(21)13-6-3-7-14(9-13)16(18)19/h3,6-7,9,12,15-16,21H,2,4-5,8,10H2,1H3. The summed E-state index contributed by atoms with van der Waals surface area (Å²) in [5.41, 5.74) is -0.534. The van der Waals surface area contributed by atoms with Crippen LogP contribution in [0.1, 0.15) is 62.7 Å². The van der Waals surface area contributed by atoms with Gasteiger partial charge in [0.15, 0.2) is 0 Å². The van der Waals surface area contributed by atoms with Gasteiger partial charge < -0.3 is 5.11 Å². The lowest BCUT2D eigenvalue weighted by Crippen LogP contribution is -2.33. The zero-order chi connectivity index (χ0) is 15.5. The number of halogens is 2. The van der Waals surface area contributed by atoms with Crippen molar-refractivity contribution in [3.63, 3.8) is 0 Å². The second-order valence-electron chi connectivity index (χ2n) is 6.01. The highest BCUT2D eigenvalue weighted by Gasteiger charge is 2.43. The van der Waals surface area contributed by atoms with Crippen molar-refractivity contribution < 1.29 is 13.9 Å². The molecule has 3 unspecified atom stereocenters. The normalized spacial score (nSPS) is 27.3. The van der Waals surface area contributed by atoms with E-state index in [4.69, 9.17) is 0 Å². The summed E-state index contributed by atoms with van der Waals surface area (Å²) in [5, 5.41) is 20.3. The molecule has 0 amide bonds. The molecule has 1 aromatic rings. The number of hydrogen-bond donors (Lipinski definition) is 1. The van der Waals surface area contributed by atoms with E-state index in [0.717, 1.165) is 19.3 Å². The van der Waals surface area contributed by atoms with Crippen LogP contribution in [-0.2, 0) is 0 Å². The van der Waals surface area contributed by atoms with Gasteiger partial charge in [0.1, 0.15) is 0 Å². The van der Waals surface area contributed by atoms with Crippen LogP contribution in [0.5, 0.6) is 0 Å². The molecule has 1 saturated carbocycles. The molecule has 4 heteroatoms. The minimum absolute atomic E-state index is 0.109. The molecule has 0 aromatic heterocycles. The Bertz CT molecular complexity index is 526. The third kappa shape index (κ3) is 3.24. The first kappa shape index (κ1) is 15.9. The van der Waals surface area contributed by atoms with Crippen molar-refractivity contribution >= 4 is 0 Å². The number of aliphatic hydroxyl groups excluding tert-OH is 1. The van der Waals surface area contributed by atoms with Crippen LogP contribution in [0.15, 0.2) is 24.3 Å². The Morgan fingerprint density at radius 3 is 2.76 bits per heavy atom. The molecule has 114 valence electrons. The monoisotopic (exact) mass is 293 g/mol. The van der Waals surface area contributed by atoms with Crippen LogP contribution >= 0.6 is 0 Å². The van der Waals surface area contributed by atoms with Crippen LogP contribution in [0.4, 0.5) is 8.78 Å². The largest absolute Gasteiger partial charge is 0.387 e. The summed E-state index contributed by atoms with van der Waals surface area (Å²) in [6.07, 6.45) is 0.648. The Labute approximate surface area is 124 Å². The van der Waals surface area contributed by atoms with Gasteiger partial charge in [-0.3, -0.25) is 0 Å². The summed E-state index contributed by atoms with van der Waals surface area (Å²) >= 11 is 0. The summed E-state index contributed by atoms with van der Waals surface area (Å²) in [6, 6.07) is 8.11. The summed E-state index contributed by atoms with van der Waals surface area (Å²) in [7, 11) is 0. The number of aliphatic hydroxyl groups is 1. The molecule has 0 spiro atoms. The molecule has 1 N–H and O–H groups in total. The van der Waals surface area contributed by atoms with Gasteiger partial charge in [0.25, 0.3) is 6.43 Å². The molecule has 1 aliphatic carbocycles. The fourth-order valence-corrected chi connectivity index (χ4v) is 3.37. The molecule has 0 radical (unpaired) electrons. The molecule has 0 saturated heterocycles. The molecule has 1 fully saturated rings. The predicted octanol–water partition coefficient (Wildman–Crippen LogP) is 4.77. The van der Waals surface area contributed by atoms with Crippen molar-refractivity contribution in [3.8, 4) is 6.07 Å². The van der Waals surface area contributed by atoms with Crippen LogP contribution in [0.3, 0.4) is 0 Å². The lowest BCUT2D eigenvalue weighted by molar-refractivity contribution is 0.0183. The highest BCUT2D eigenvalue weighted by Crippen LogP contribution is 2.48. The molecule has 21 heavy (non-hydrogen) atoms. The Hall–Kier alpha value is -1.47. The first-order chi connectivity index (χ1) is 10.0. The van der Waals surface area contributed by atoms with Gasteiger partial charge in [-0.2, -0.15) is 5.26 Å². The lowest BCUT2D eigenvalue weighted by Gasteiger charge is -2.39. The molecule has 0 aliphatic heterocycles. The third-order valence-corrected chi connectivity index (χ3v) is 4.69. The Morgan fingerprint density at radius 2 is 2.14 bits per heavy atom. The van der Waals surface area contributed by atoms with Gasteiger partial charge in [-0.1, -0.05) is 44.4 Å². The fourth-order valence-electron chi connectivity index (χ4n) is 3.37. The van der Waals surface area contributed by atoms with Crippen molar-refractivity contribution in [2.24, 2.45) is 11.3 Å². The van der Waals surface area contributed by atoms with E-state index in [0.29, 0.717) is 24.3 Å². The molecule has 0 heterocycles. The van der Waals surface area contributed by atoms with Crippen molar-refractivity contribution in [1.29, 1.82) is 5.26 Å². The SMILES string of the molecule is CCC1CCCC(C#N)(C(O)c2cccc(C(F)F)c2)C1. The van der Waals surface area contributed by atoms with Crippen LogP contribution in [0.25, 0.3) is 0 Å². The third-order valence-electron chi connectivity index (χ3n) is 4.69. The predicted molar refractivity (Wildman–Crippen MR) is 76.7 cm³/mol. The highest BCUT2D eigenvalue weighted by atomic mass is 19.3. The van der Waals surface area contributed by atoms with E-state index in [1.165, 1.54) is 18.2 Å². The topological polar surface area (TPSA) is 44.0 Å². The maximum atomic E-state index is 12.8. The molecule has 2 nitrogen and oxygen atoms in total. The second-order valence-corrected chi connectivity index (χ2v) is 6.01. The van der Waals surface area contributed by atoms with E-state index in [1.807, 2.05) is 0 Å². The number of alkyl halides is 2. The van der Waals surface area contributed by atoms with E-state index >= 15 is 0 Å². The Kier molecular flexibility index (Phi) is 4.95. The fraction of sp³-hybridized carbons (Fsp3) is 0.588. The van der Waals surface area contributed by atoms with Gasteiger partial charge in [-0.25, -0.2) is 8.78 Å². The number of rotatable bonds is 4. The zero-order valence-electron chi connectivity index (χ0n) is 12.2. The molecular weight excluding hydrogens is 272 g/mol. The van der Waals surface area contributed by atoms with Gasteiger partial charge in [-0.05, 0) is 30.4 Å².